The molecule has 0 spiro atoms. The van der Waals surface area contributed by atoms with Gasteiger partial charge in [-0.25, -0.2) is 0 Å². The van der Waals surface area contributed by atoms with Gasteiger partial charge in [-0.05, 0) is 30.5 Å². The number of alkyl halides is 3. The first-order chi connectivity index (χ1) is 7.97. The maximum absolute atomic E-state index is 12.5. The van der Waals surface area contributed by atoms with Crippen LogP contribution in [0.3, 0.4) is 0 Å². The van der Waals surface area contributed by atoms with Crippen LogP contribution in [0.15, 0.2) is 18.2 Å². The summed E-state index contributed by atoms with van der Waals surface area (Å²) >= 11 is 0. The number of hydrogen-bond donors (Lipinski definition) is 0. The first-order valence-corrected chi connectivity index (χ1v) is 5.48. The Morgan fingerprint density at radius 2 is 1.94 bits per heavy atom. The SMILES string of the molecule is O=C1c2cc(C(F)(F)F)ccc2CN1C1CC1. The number of hydrogen-bond acceptors (Lipinski definition) is 1. The zero-order valence-corrected chi connectivity index (χ0v) is 8.92. The Balaban J connectivity index is 1.98. The van der Waals surface area contributed by atoms with Gasteiger partial charge in [0.05, 0.1) is 5.56 Å². The van der Waals surface area contributed by atoms with E-state index in [2.05, 4.69) is 0 Å². The predicted molar refractivity (Wildman–Crippen MR) is 54.3 cm³/mol. The summed E-state index contributed by atoms with van der Waals surface area (Å²) in [5.74, 6) is -0.256. The van der Waals surface area contributed by atoms with Crippen molar-refractivity contribution < 1.29 is 18.0 Å². The average Bonchev–Trinajstić information content (AvgIpc) is 3.03. The molecule has 0 radical (unpaired) electrons. The number of rotatable bonds is 1. The lowest BCUT2D eigenvalue weighted by Crippen LogP contribution is -2.25. The topological polar surface area (TPSA) is 20.3 Å². The fourth-order valence-electron chi connectivity index (χ4n) is 2.18. The second kappa shape index (κ2) is 3.24. The minimum atomic E-state index is -4.39. The largest absolute Gasteiger partial charge is 0.416 e. The van der Waals surface area contributed by atoms with E-state index in [1.807, 2.05) is 0 Å². The highest BCUT2D eigenvalue weighted by Crippen LogP contribution is 2.37. The van der Waals surface area contributed by atoms with E-state index < -0.39 is 11.7 Å². The number of carbonyl (C=O) groups excluding carboxylic acids is 1. The Labute approximate surface area is 96.0 Å². The van der Waals surface area contributed by atoms with Gasteiger partial charge < -0.3 is 4.90 Å². The van der Waals surface area contributed by atoms with E-state index in [1.165, 1.54) is 6.07 Å². The molecule has 0 saturated heterocycles. The lowest BCUT2D eigenvalue weighted by atomic mass is 10.1. The lowest BCUT2D eigenvalue weighted by molar-refractivity contribution is -0.137. The minimum Gasteiger partial charge on any atom is -0.331 e. The summed E-state index contributed by atoms with van der Waals surface area (Å²) in [6, 6.07) is 3.67. The summed E-state index contributed by atoms with van der Waals surface area (Å²) in [7, 11) is 0. The van der Waals surface area contributed by atoms with E-state index in [0.29, 0.717) is 12.1 Å². The van der Waals surface area contributed by atoms with Crippen LogP contribution in [0.1, 0.15) is 34.3 Å². The molecule has 0 unspecified atom stereocenters. The molecule has 1 heterocycles. The maximum Gasteiger partial charge on any atom is 0.416 e. The molecular formula is C12H10F3NO. The van der Waals surface area contributed by atoms with Crippen molar-refractivity contribution in [3.05, 3.63) is 34.9 Å². The van der Waals surface area contributed by atoms with Gasteiger partial charge in [-0.3, -0.25) is 4.79 Å². The van der Waals surface area contributed by atoms with Crippen molar-refractivity contribution in [1.29, 1.82) is 0 Å². The van der Waals surface area contributed by atoms with E-state index in [9.17, 15) is 18.0 Å². The molecule has 1 aliphatic carbocycles. The second-order valence-electron chi connectivity index (χ2n) is 4.53. The standard InChI is InChI=1S/C12H10F3NO/c13-12(14,15)8-2-1-7-6-16(9-3-4-9)11(17)10(7)5-8/h1-2,5,9H,3-4,6H2. The number of halogens is 3. The average molecular weight is 241 g/mol. The highest BCUT2D eigenvalue weighted by atomic mass is 19.4. The van der Waals surface area contributed by atoms with E-state index in [1.54, 1.807) is 4.90 Å². The molecule has 2 nitrogen and oxygen atoms in total. The van der Waals surface area contributed by atoms with Crippen LogP contribution in [0.5, 0.6) is 0 Å². The van der Waals surface area contributed by atoms with Crippen LogP contribution in [0.25, 0.3) is 0 Å². The Bertz CT molecular complexity index is 491. The van der Waals surface area contributed by atoms with Gasteiger partial charge >= 0.3 is 6.18 Å². The summed E-state index contributed by atoms with van der Waals surface area (Å²) in [5, 5.41) is 0. The highest BCUT2D eigenvalue weighted by molar-refractivity contribution is 5.98. The van der Waals surface area contributed by atoms with Gasteiger partial charge in [0.2, 0.25) is 0 Å². The Kier molecular flexibility index (Phi) is 2.03. The molecule has 1 saturated carbocycles. The van der Waals surface area contributed by atoms with Gasteiger partial charge in [-0.15, -0.1) is 0 Å². The van der Waals surface area contributed by atoms with E-state index >= 15 is 0 Å². The quantitative estimate of drug-likeness (QED) is 0.740. The minimum absolute atomic E-state index is 0.215. The fourth-order valence-corrected chi connectivity index (χ4v) is 2.18. The van der Waals surface area contributed by atoms with E-state index in [0.717, 1.165) is 25.0 Å². The molecule has 1 amide bonds. The predicted octanol–water partition coefficient (Wildman–Crippen LogP) is 2.82. The number of carbonyl (C=O) groups is 1. The third-order valence-electron chi connectivity index (χ3n) is 3.26. The molecule has 1 aliphatic heterocycles. The summed E-state index contributed by atoms with van der Waals surface area (Å²) < 4.78 is 37.6. The summed E-state index contributed by atoms with van der Waals surface area (Å²) in [6.07, 6.45) is -2.46. The van der Waals surface area contributed by atoms with Crippen LogP contribution >= 0.6 is 0 Å². The summed E-state index contributed by atoms with van der Waals surface area (Å²) in [4.78, 5) is 13.6. The van der Waals surface area contributed by atoms with Crippen molar-refractivity contribution in [1.82, 2.24) is 4.90 Å². The van der Waals surface area contributed by atoms with Crippen LogP contribution in [-0.2, 0) is 12.7 Å². The van der Waals surface area contributed by atoms with Crippen molar-refractivity contribution in [2.24, 2.45) is 0 Å². The van der Waals surface area contributed by atoms with Crippen molar-refractivity contribution in [3.8, 4) is 0 Å². The number of amides is 1. The third kappa shape index (κ3) is 1.69. The molecule has 90 valence electrons. The zero-order valence-electron chi connectivity index (χ0n) is 8.92. The second-order valence-corrected chi connectivity index (χ2v) is 4.53. The molecule has 1 aromatic rings. The van der Waals surface area contributed by atoms with Gasteiger partial charge in [0.25, 0.3) is 5.91 Å². The Morgan fingerprint density at radius 3 is 2.53 bits per heavy atom. The van der Waals surface area contributed by atoms with Crippen LogP contribution in [0, 0.1) is 0 Å². The Morgan fingerprint density at radius 1 is 1.24 bits per heavy atom. The number of benzene rings is 1. The monoisotopic (exact) mass is 241 g/mol. The molecule has 3 rings (SSSR count). The molecule has 0 N–H and O–H groups in total. The normalized spacial score (nSPS) is 19.7. The summed E-state index contributed by atoms with van der Waals surface area (Å²) in [6.45, 7) is 0.455. The highest BCUT2D eigenvalue weighted by Gasteiger charge is 2.40. The van der Waals surface area contributed by atoms with Gasteiger partial charge in [0.1, 0.15) is 0 Å². The number of fused-ring (bicyclic) bond motifs is 1. The number of nitrogens with zero attached hydrogens (tertiary/aromatic N) is 1. The maximum atomic E-state index is 12.5. The first-order valence-electron chi connectivity index (χ1n) is 5.48. The van der Waals surface area contributed by atoms with Crippen molar-refractivity contribution in [2.45, 2.75) is 31.6 Å². The molecular weight excluding hydrogens is 231 g/mol. The molecule has 2 aliphatic rings. The van der Waals surface area contributed by atoms with Gasteiger partial charge in [-0.2, -0.15) is 13.2 Å². The van der Waals surface area contributed by atoms with Crippen molar-refractivity contribution in [2.75, 3.05) is 0 Å². The first kappa shape index (κ1) is 10.6. The van der Waals surface area contributed by atoms with Crippen LogP contribution in [0.4, 0.5) is 13.2 Å². The van der Waals surface area contributed by atoms with Crippen molar-refractivity contribution >= 4 is 5.91 Å². The third-order valence-corrected chi connectivity index (χ3v) is 3.26. The van der Waals surface area contributed by atoms with E-state index in [-0.39, 0.29) is 17.5 Å². The van der Waals surface area contributed by atoms with Crippen molar-refractivity contribution in [3.63, 3.8) is 0 Å². The molecule has 1 aromatic carbocycles. The molecule has 5 heteroatoms. The molecule has 0 bridgehead atoms. The molecule has 1 fully saturated rings. The van der Waals surface area contributed by atoms with Crippen LogP contribution in [0.2, 0.25) is 0 Å². The lowest BCUT2D eigenvalue weighted by Gasteiger charge is -2.13. The Hall–Kier alpha value is -1.52. The summed E-state index contributed by atoms with van der Waals surface area (Å²) in [5.41, 5.74) is 0.170. The van der Waals surface area contributed by atoms with Crippen LogP contribution in [-0.4, -0.2) is 16.8 Å². The van der Waals surface area contributed by atoms with Gasteiger partial charge in [0, 0.05) is 18.2 Å². The van der Waals surface area contributed by atoms with Gasteiger partial charge in [-0.1, -0.05) is 6.07 Å². The molecule has 17 heavy (non-hydrogen) atoms. The smallest absolute Gasteiger partial charge is 0.331 e. The zero-order chi connectivity index (χ0) is 12.2. The van der Waals surface area contributed by atoms with Gasteiger partial charge in [0.15, 0.2) is 0 Å². The molecule has 0 atom stereocenters. The fraction of sp³-hybridized carbons (Fsp3) is 0.417. The molecule has 0 aromatic heterocycles. The van der Waals surface area contributed by atoms with Crippen LogP contribution < -0.4 is 0 Å². The van der Waals surface area contributed by atoms with E-state index in [4.69, 9.17) is 0 Å².